The monoisotopic (exact) mass is 511 g/mol. The molecule has 5 rings (SSSR count). The van der Waals surface area contributed by atoms with E-state index in [1.54, 1.807) is 17.7 Å². The minimum Gasteiger partial charge on any atom is -0.293 e. The van der Waals surface area contributed by atoms with Crippen molar-refractivity contribution in [1.29, 1.82) is 0 Å². The van der Waals surface area contributed by atoms with Crippen LogP contribution in [0.25, 0.3) is 20.4 Å². The van der Waals surface area contributed by atoms with Gasteiger partial charge in [0.1, 0.15) is 16.2 Å². The van der Waals surface area contributed by atoms with Gasteiger partial charge in [-0.2, -0.15) is 0 Å². The van der Waals surface area contributed by atoms with Crippen molar-refractivity contribution >= 4 is 65.2 Å². The van der Waals surface area contributed by atoms with Crippen molar-refractivity contribution in [3.05, 3.63) is 57.4 Å². The van der Waals surface area contributed by atoms with Crippen LogP contribution < -0.4 is 0 Å². The Morgan fingerprint density at radius 2 is 1.87 bits per heavy atom. The summed E-state index contributed by atoms with van der Waals surface area (Å²) in [4.78, 5) is 28.0. The second kappa shape index (κ2) is 8.60. The van der Waals surface area contributed by atoms with Crippen molar-refractivity contribution in [1.82, 2.24) is 15.0 Å². The van der Waals surface area contributed by atoms with E-state index in [4.69, 9.17) is 4.98 Å². The summed E-state index contributed by atoms with van der Waals surface area (Å²) in [6.45, 7) is 4.45. The fourth-order valence-corrected chi connectivity index (χ4v) is 6.70. The van der Waals surface area contributed by atoms with Crippen molar-refractivity contribution in [2.45, 2.75) is 50.5 Å². The normalized spacial score (nSPS) is 13.8. The summed E-state index contributed by atoms with van der Waals surface area (Å²) in [6, 6.07) is 7.50. The van der Waals surface area contributed by atoms with Gasteiger partial charge in [0.25, 0.3) is 0 Å². The Hall–Kier alpha value is -1.83. The second-order valence-electron chi connectivity index (χ2n) is 8.17. The van der Waals surface area contributed by atoms with Gasteiger partial charge in [0.2, 0.25) is 0 Å². The number of fused-ring (bicyclic) bond motifs is 5. The summed E-state index contributed by atoms with van der Waals surface area (Å²) >= 11 is 6.57. The van der Waals surface area contributed by atoms with E-state index in [1.807, 2.05) is 24.3 Å². The molecular formula is C24H22BrN3OS2. The predicted molar refractivity (Wildman–Crippen MR) is 133 cm³/mol. The molecule has 3 aromatic heterocycles. The summed E-state index contributed by atoms with van der Waals surface area (Å²) in [5.74, 6) is 0.859. The van der Waals surface area contributed by atoms with Crippen LogP contribution in [0.5, 0.6) is 0 Å². The van der Waals surface area contributed by atoms with Crippen LogP contribution in [0, 0.1) is 0 Å². The summed E-state index contributed by atoms with van der Waals surface area (Å²) in [5.41, 5.74) is 5.82. The Balaban J connectivity index is 1.55. The molecule has 0 N–H and O–H groups in total. The van der Waals surface area contributed by atoms with E-state index in [0.717, 1.165) is 43.0 Å². The van der Waals surface area contributed by atoms with Crippen LogP contribution >= 0.6 is 39.0 Å². The summed E-state index contributed by atoms with van der Waals surface area (Å²) in [5, 5.41) is 2.08. The van der Waals surface area contributed by atoms with Gasteiger partial charge < -0.3 is 0 Å². The van der Waals surface area contributed by atoms with Gasteiger partial charge in [0.15, 0.2) is 5.78 Å². The van der Waals surface area contributed by atoms with Gasteiger partial charge in [-0.15, -0.1) is 11.3 Å². The lowest BCUT2D eigenvalue weighted by atomic mass is 9.86. The minimum absolute atomic E-state index is 0.1000. The molecule has 0 atom stereocenters. The first kappa shape index (κ1) is 21.0. The third-order valence-electron chi connectivity index (χ3n) is 5.77. The molecule has 4 aromatic rings. The van der Waals surface area contributed by atoms with Crippen molar-refractivity contribution in [3.63, 3.8) is 0 Å². The number of aromatic nitrogens is 3. The number of carbonyl (C=O) groups is 1. The number of rotatable bonds is 5. The first-order chi connectivity index (χ1) is 15.0. The molecule has 0 saturated heterocycles. The number of nitrogens with zero attached hydrogens (tertiary/aromatic N) is 3. The largest absolute Gasteiger partial charge is 0.293 e. The maximum atomic E-state index is 12.7. The molecule has 0 unspecified atom stereocenters. The maximum absolute atomic E-state index is 12.7. The van der Waals surface area contributed by atoms with Crippen molar-refractivity contribution in [2.24, 2.45) is 0 Å². The van der Waals surface area contributed by atoms with Gasteiger partial charge in [0.05, 0.1) is 16.0 Å². The molecule has 0 bridgehead atoms. The summed E-state index contributed by atoms with van der Waals surface area (Å²) < 4.78 is 2.02. The molecule has 1 aliphatic carbocycles. The highest BCUT2D eigenvalue weighted by Gasteiger charge is 2.24. The highest BCUT2D eigenvalue weighted by Crippen LogP contribution is 2.42. The Labute approximate surface area is 198 Å². The minimum atomic E-state index is 0.1000. The van der Waals surface area contributed by atoms with E-state index in [-0.39, 0.29) is 5.78 Å². The zero-order chi connectivity index (χ0) is 21.5. The average molecular weight is 512 g/mol. The first-order valence-corrected chi connectivity index (χ1v) is 13.1. The highest BCUT2D eigenvalue weighted by atomic mass is 79.9. The SMILES string of the molecule is CC(C)c1nc2sc3c(SCC(=O)c4ccc(Br)cc4)ncnc3c2c2c1CCCC2. The molecule has 3 heterocycles. The van der Waals surface area contributed by atoms with Crippen LogP contribution in [0.4, 0.5) is 0 Å². The van der Waals surface area contributed by atoms with Crippen LogP contribution in [0.3, 0.4) is 0 Å². The lowest BCUT2D eigenvalue weighted by Gasteiger charge is -2.21. The van der Waals surface area contributed by atoms with Crippen molar-refractivity contribution in [2.75, 3.05) is 5.75 Å². The van der Waals surface area contributed by atoms with Crippen LogP contribution in [0.2, 0.25) is 0 Å². The van der Waals surface area contributed by atoms with Gasteiger partial charge in [-0.1, -0.05) is 53.7 Å². The molecule has 0 fully saturated rings. The van der Waals surface area contributed by atoms with Gasteiger partial charge in [-0.25, -0.2) is 15.0 Å². The number of ketones is 1. The number of benzene rings is 1. The quantitative estimate of drug-likeness (QED) is 0.164. The molecule has 0 aliphatic heterocycles. The fraction of sp³-hybridized carbons (Fsp3) is 0.333. The number of pyridine rings is 1. The maximum Gasteiger partial charge on any atom is 0.173 e. The number of hydrogen-bond acceptors (Lipinski definition) is 6. The number of aryl methyl sites for hydroxylation is 1. The average Bonchev–Trinajstić information content (AvgIpc) is 3.16. The Morgan fingerprint density at radius 1 is 1.13 bits per heavy atom. The smallest absolute Gasteiger partial charge is 0.173 e. The molecule has 7 heteroatoms. The van der Waals surface area contributed by atoms with E-state index in [1.165, 1.54) is 46.8 Å². The third-order valence-corrected chi connectivity index (χ3v) is 8.50. The molecule has 0 amide bonds. The Kier molecular flexibility index (Phi) is 5.84. The second-order valence-corrected chi connectivity index (χ2v) is 11.1. The molecule has 0 radical (unpaired) electrons. The Morgan fingerprint density at radius 3 is 2.61 bits per heavy atom. The lowest BCUT2D eigenvalue weighted by Crippen LogP contribution is -2.10. The number of thioether (sulfide) groups is 1. The molecule has 1 aliphatic rings. The van der Waals surface area contributed by atoms with E-state index >= 15 is 0 Å². The summed E-state index contributed by atoms with van der Waals surface area (Å²) in [7, 11) is 0. The molecule has 31 heavy (non-hydrogen) atoms. The molecular weight excluding hydrogens is 490 g/mol. The van der Waals surface area contributed by atoms with Crippen molar-refractivity contribution < 1.29 is 4.79 Å². The Bertz CT molecular complexity index is 1300. The number of hydrogen-bond donors (Lipinski definition) is 0. The zero-order valence-corrected chi connectivity index (χ0v) is 20.7. The number of carbonyl (C=O) groups excluding carboxylic acids is 1. The van der Waals surface area contributed by atoms with Crippen LogP contribution in [0.1, 0.15) is 59.8 Å². The molecule has 1 aromatic carbocycles. The van der Waals surface area contributed by atoms with E-state index in [0.29, 0.717) is 11.7 Å². The standard InChI is InChI=1S/C24H22BrN3OS2/c1-13(2)20-17-6-4-3-5-16(17)19-21-22(31-23(19)28-20)24(27-12-26-21)30-11-18(29)14-7-9-15(25)10-8-14/h7-10,12-13H,3-6,11H2,1-2H3. The molecule has 4 nitrogen and oxygen atoms in total. The van der Waals surface area contributed by atoms with Crippen molar-refractivity contribution in [3.8, 4) is 0 Å². The highest BCUT2D eigenvalue weighted by molar-refractivity contribution is 9.10. The van der Waals surface area contributed by atoms with E-state index in [9.17, 15) is 4.79 Å². The van der Waals surface area contributed by atoms with Crippen LogP contribution in [0.15, 0.2) is 40.1 Å². The number of thiophene rings is 1. The van der Waals surface area contributed by atoms with E-state index < -0.39 is 0 Å². The molecule has 0 saturated carbocycles. The van der Waals surface area contributed by atoms with Gasteiger partial charge in [-0.3, -0.25) is 4.79 Å². The third kappa shape index (κ3) is 3.92. The van der Waals surface area contributed by atoms with Crippen LogP contribution in [-0.2, 0) is 12.8 Å². The van der Waals surface area contributed by atoms with E-state index in [2.05, 4.69) is 39.7 Å². The molecule has 158 valence electrons. The topological polar surface area (TPSA) is 55.7 Å². The van der Waals surface area contributed by atoms with Gasteiger partial charge >= 0.3 is 0 Å². The molecule has 0 spiro atoms. The summed E-state index contributed by atoms with van der Waals surface area (Å²) in [6.07, 6.45) is 6.28. The fourth-order valence-electron chi connectivity index (χ4n) is 4.30. The number of halogens is 1. The number of Topliss-reactive ketones (excluding diaryl/α,β-unsaturated/α-hetero) is 1. The van der Waals surface area contributed by atoms with Gasteiger partial charge in [-0.05, 0) is 54.9 Å². The predicted octanol–water partition coefficient (Wildman–Crippen LogP) is 6.98. The zero-order valence-electron chi connectivity index (χ0n) is 17.4. The lowest BCUT2D eigenvalue weighted by molar-refractivity contribution is 0.102. The first-order valence-electron chi connectivity index (χ1n) is 10.5. The van der Waals surface area contributed by atoms with Gasteiger partial charge in [0, 0.05) is 21.1 Å². The van der Waals surface area contributed by atoms with Crippen LogP contribution in [-0.4, -0.2) is 26.5 Å².